The zero-order chi connectivity index (χ0) is 26.5. The second-order valence-corrected chi connectivity index (χ2v) is 10.1. The number of hydrogen-bond donors (Lipinski definition) is 1. The lowest BCUT2D eigenvalue weighted by molar-refractivity contribution is -0.138. The average molecular weight is 525 g/mol. The number of fused-ring (bicyclic) bond motifs is 1. The van der Waals surface area contributed by atoms with E-state index in [4.69, 9.17) is 9.47 Å². The molecule has 0 fully saturated rings. The van der Waals surface area contributed by atoms with Gasteiger partial charge in [0.2, 0.25) is 18.6 Å². The van der Waals surface area contributed by atoms with Crippen LogP contribution in [0.15, 0.2) is 53.7 Å². The smallest absolute Gasteiger partial charge is 0.247 e. The Morgan fingerprint density at radius 3 is 2.38 bits per heavy atom. The molecule has 1 aromatic heterocycles. The number of benzene rings is 2. The minimum absolute atomic E-state index is 0.0462. The molecule has 2 heterocycles. The maximum atomic E-state index is 13.6. The van der Waals surface area contributed by atoms with Crippen LogP contribution in [-0.4, -0.2) is 45.3 Å². The normalized spacial score (nSPS) is 12.9. The molecule has 0 radical (unpaired) electrons. The molecule has 2 aromatic carbocycles. The minimum Gasteiger partial charge on any atom is -0.454 e. The van der Waals surface area contributed by atoms with E-state index in [0.29, 0.717) is 27.9 Å². The number of nitrogens with one attached hydrogen (secondary N) is 1. The average Bonchev–Trinajstić information content (AvgIpc) is 3.30. The first-order valence-electron chi connectivity index (χ1n) is 11.9. The summed E-state index contributed by atoms with van der Waals surface area (Å²) in [5, 5.41) is 3.41. The fourth-order valence-electron chi connectivity index (χ4n) is 4.09. The Labute approximate surface area is 219 Å². The van der Waals surface area contributed by atoms with E-state index in [1.807, 2.05) is 33.8 Å². The number of hydrogen-bond acceptors (Lipinski definition) is 7. The summed E-state index contributed by atoms with van der Waals surface area (Å²) in [5.41, 5.74) is 2.87. The third-order valence-electron chi connectivity index (χ3n) is 5.75. The molecule has 10 heteroatoms. The van der Waals surface area contributed by atoms with E-state index >= 15 is 0 Å². The summed E-state index contributed by atoms with van der Waals surface area (Å²) >= 11 is 1.22. The van der Waals surface area contributed by atoms with Crippen molar-refractivity contribution in [1.82, 2.24) is 14.9 Å². The van der Waals surface area contributed by atoms with Crippen LogP contribution in [0.4, 0.5) is 10.1 Å². The topological polar surface area (TPSA) is 93.7 Å². The molecular formula is C27H29FN4O4S. The van der Waals surface area contributed by atoms with E-state index in [0.717, 1.165) is 11.4 Å². The third-order valence-corrected chi connectivity index (χ3v) is 6.58. The van der Waals surface area contributed by atoms with Crippen LogP contribution < -0.4 is 14.8 Å². The van der Waals surface area contributed by atoms with Gasteiger partial charge >= 0.3 is 0 Å². The molecule has 37 heavy (non-hydrogen) atoms. The fraction of sp³-hybridized carbons (Fsp3) is 0.333. The lowest BCUT2D eigenvalue weighted by atomic mass is 10.00. The number of halogens is 1. The van der Waals surface area contributed by atoms with Crippen LogP contribution in [0.3, 0.4) is 0 Å². The molecule has 0 bridgehead atoms. The molecule has 1 N–H and O–H groups in total. The van der Waals surface area contributed by atoms with Crippen LogP contribution >= 0.6 is 11.8 Å². The third kappa shape index (κ3) is 6.76. The van der Waals surface area contributed by atoms with Gasteiger partial charge in [-0.05, 0) is 55.7 Å². The summed E-state index contributed by atoms with van der Waals surface area (Å²) in [4.78, 5) is 37.4. The van der Waals surface area contributed by atoms with Crippen molar-refractivity contribution in [2.75, 3.05) is 17.9 Å². The monoisotopic (exact) mass is 524 g/mol. The largest absolute Gasteiger partial charge is 0.454 e. The fourth-order valence-corrected chi connectivity index (χ4v) is 4.93. The molecule has 0 aliphatic carbocycles. The number of carbonyl (C=O) groups excluding carboxylic acids is 2. The summed E-state index contributed by atoms with van der Waals surface area (Å²) in [6.07, 6.45) is 0. The second kappa shape index (κ2) is 11.6. The van der Waals surface area contributed by atoms with Gasteiger partial charge in [-0.25, -0.2) is 14.4 Å². The van der Waals surface area contributed by atoms with Crippen molar-refractivity contribution in [3.63, 3.8) is 0 Å². The Kier molecular flexibility index (Phi) is 8.27. The zero-order valence-electron chi connectivity index (χ0n) is 21.2. The zero-order valence-corrected chi connectivity index (χ0v) is 22.0. The summed E-state index contributed by atoms with van der Waals surface area (Å²) in [6.45, 7) is 7.78. The van der Waals surface area contributed by atoms with Crippen molar-refractivity contribution >= 4 is 29.3 Å². The number of amides is 2. The highest BCUT2D eigenvalue weighted by atomic mass is 32.2. The molecule has 1 aliphatic heterocycles. The van der Waals surface area contributed by atoms with Crippen LogP contribution in [0, 0.1) is 25.6 Å². The molecule has 1 aliphatic rings. The van der Waals surface area contributed by atoms with Gasteiger partial charge in [0.05, 0.1) is 5.75 Å². The second-order valence-electron chi connectivity index (χ2n) is 9.12. The SMILES string of the molecule is Cc1cc(C)nc(SCC(=O)N(Cc2ccc(F)cc2)[C@@H](C(=O)Nc2ccc3c(c2)OCO3)C(C)C)n1. The first-order chi connectivity index (χ1) is 17.7. The first-order valence-corrected chi connectivity index (χ1v) is 12.9. The van der Waals surface area contributed by atoms with Crippen molar-refractivity contribution in [3.8, 4) is 11.5 Å². The predicted molar refractivity (Wildman–Crippen MR) is 139 cm³/mol. The lowest BCUT2D eigenvalue weighted by Crippen LogP contribution is -2.50. The summed E-state index contributed by atoms with van der Waals surface area (Å²) in [7, 11) is 0. The van der Waals surface area contributed by atoms with Crippen LogP contribution in [0.5, 0.6) is 11.5 Å². The van der Waals surface area contributed by atoms with Crippen LogP contribution in [0.1, 0.15) is 30.8 Å². The molecule has 8 nitrogen and oxygen atoms in total. The van der Waals surface area contributed by atoms with Gasteiger partial charge in [0, 0.05) is 29.7 Å². The van der Waals surface area contributed by atoms with Crippen LogP contribution in [-0.2, 0) is 16.1 Å². The Hall–Kier alpha value is -3.66. The van der Waals surface area contributed by atoms with Gasteiger partial charge in [0.1, 0.15) is 11.9 Å². The summed E-state index contributed by atoms with van der Waals surface area (Å²) < 4.78 is 24.3. The highest BCUT2D eigenvalue weighted by Crippen LogP contribution is 2.34. The molecule has 4 rings (SSSR count). The van der Waals surface area contributed by atoms with Crippen molar-refractivity contribution < 1.29 is 23.5 Å². The molecule has 0 spiro atoms. The molecule has 2 amide bonds. The number of anilines is 1. The van der Waals surface area contributed by atoms with Gasteiger partial charge in [0.25, 0.3) is 0 Å². The van der Waals surface area contributed by atoms with E-state index in [-0.39, 0.29) is 42.6 Å². The highest BCUT2D eigenvalue weighted by Gasteiger charge is 2.33. The minimum atomic E-state index is -0.788. The molecule has 3 aromatic rings. The van der Waals surface area contributed by atoms with Crippen molar-refractivity contribution in [2.45, 2.75) is 45.4 Å². The number of aryl methyl sites for hydroxylation is 2. The van der Waals surface area contributed by atoms with E-state index in [9.17, 15) is 14.0 Å². The predicted octanol–water partition coefficient (Wildman–Crippen LogP) is 4.75. The van der Waals surface area contributed by atoms with Gasteiger partial charge < -0.3 is 19.7 Å². The van der Waals surface area contributed by atoms with Gasteiger partial charge in [0.15, 0.2) is 16.7 Å². The number of rotatable bonds is 9. The van der Waals surface area contributed by atoms with Gasteiger partial charge in [-0.15, -0.1) is 0 Å². The number of ether oxygens (including phenoxy) is 2. The van der Waals surface area contributed by atoms with Crippen molar-refractivity contribution in [1.29, 1.82) is 0 Å². The van der Waals surface area contributed by atoms with Crippen LogP contribution in [0.2, 0.25) is 0 Å². The number of aromatic nitrogens is 2. The number of carbonyl (C=O) groups is 2. The van der Waals surface area contributed by atoms with Gasteiger partial charge in [-0.3, -0.25) is 9.59 Å². The maximum Gasteiger partial charge on any atom is 0.247 e. The molecule has 0 unspecified atom stereocenters. The maximum absolute atomic E-state index is 13.6. The Bertz CT molecular complexity index is 1270. The van der Waals surface area contributed by atoms with E-state index < -0.39 is 6.04 Å². The van der Waals surface area contributed by atoms with Crippen molar-refractivity contribution in [2.24, 2.45) is 5.92 Å². The van der Waals surface area contributed by atoms with E-state index in [1.54, 1.807) is 30.3 Å². The Balaban J connectivity index is 1.57. The molecule has 1 atom stereocenters. The van der Waals surface area contributed by atoms with Gasteiger partial charge in [-0.2, -0.15) is 0 Å². The quantitative estimate of drug-likeness (QED) is 0.319. The van der Waals surface area contributed by atoms with Crippen molar-refractivity contribution in [3.05, 3.63) is 71.3 Å². The lowest BCUT2D eigenvalue weighted by Gasteiger charge is -2.33. The number of nitrogens with zero attached hydrogens (tertiary/aromatic N) is 3. The number of thioether (sulfide) groups is 1. The molecular weight excluding hydrogens is 495 g/mol. The molecule has 0 saturated heterocycles. The van der Waals surface area contributed by atoms with Crippen LogP contribution in [0.25, 0.3) is 0 Å². The molecule has 0 saturated carbocycles. The standard InChI is InChI=1S/C27H29FN4O4S/c1-16(2)25(26(34)31-21-9-10-22-23(12-21)36-15-35-22)32(13-19-5-7-20(28)8-6-19)24(33)14-37-27-29-17(3)11-18(4)30-27/h5-12,16,25H,13-15H2,1-4H3,(H,31,34)/t25-/m1/s1. The van der Waals surface area contributed by atoms with E-state index in [1.165, 1.54) is 28.8 Å². The molecule has 194 valence electrons. The Morgan fingerprint density at radius 1 is 1.03 bits per heavy atom. The summed E-state index contributed by atoms with van der Waals surface area (Å²) in [6, 6.07) is 12.1. The summed E-state index contributed by atoms with van der Waals surface area (Å²) in [5.74, 6) is 0.0321. The first kappa shape index (κ1) is 26.4. The highest BCUT2D eigenvalue weighted by molar-refractivity contribution is 7.99. The Morgan fingerprint density at radius 2 is 1.70 bits per heavy atom. The van der Waals surface area contributed by atoms with Gasteiger partial charge in [-0.1, -0.05) is 37.7 Å². The van der Waals surface area contributed by atoms with E-state index in [2.05, 4.69) is 15.3 Å².